The van der Waals surface area contributed by atoms with Crippen LogP contribution in [0.2, 0.25) is 0 Å². The summed E-state index contributed by atoms with van der Waals surface area (Å²) >= 11 is 1.98. The number of halogens is 1. The maximum atomic E-state index is 2.91. The Labute approximate surface area is 64.2 Å². The average molecular weight is 218 g/mol. The van der Waals surface area contributed by atoms with Gasteiger partial charge in [0.25, 0.3) is 0 Å². The van der Waals surface area contributed by atoms with E-state index in [-0.39, 0.29) is 0 Å². The number of hydrogen-bond acceptors (Lipinski definition) is 0. The van der Waals surface area contributed by atoms with Crippen molar-refractivity contribution < 1.29 is 0 Å². The van der Waals surface area contributed by atoms with Crippen LogP contribution in [-0.2, 0) is 0 Å². The largest absolute Gasteiger partial charge is 0.0891 e. The van der Waals surface area contributed by atoms with E-state index in [1.54, 1.807) is 0 Å². The predicted octanol–water partition coefficient (Wildman–Crippen LogP) is 2.19. The van der Waals surface area contributed by atoms with Gasteiger partial charge in [-0.1, -0.05) is 12.8 Å². The Bertz CT molecular complexity index is 149. The molecule has 0 spiro atoms. The molecule has 0 aromatic carbocycles. The summed E-state index contributed by atoms with van der Waals surface area (Å²) in [5.74, 6) is 8.28. The number of rotatable bonds is 1. The molecule has 42 valence electrons. The van der Waals surface area contributed by atoms with Crippen LogP contribution in [0.3, 0.4) is 0 Å². The van der Waals surface area contributed by atoms with Gasteiger partial charge in [-0.2, -0.15) is 0 Å². The zero-order chi connectivity index (χ0) is 6.24. The molecule has 0 nitrogen and oxygen atoms in total. The Morgan fingerprint density at radius 2 is 2.12 bits per heavy atom. The summed E-state index contributed by atoms with van der Waals surface area (Å²) in [5.41, 5.74) is 0. The van der Waals surface area contributed by atoms with Crippen LogP contribution < -0.4 is 0 Å². The summed E-state index contributed by atoms with van der Waals surface area (Å²) in [4.78, 5) is 0. The summed E-state index contributed by atoms with van der Waals surface area (Å²) in [6.07, 6.45) is 2.08. The third kappa shape index (κ3) is 5.85. The monoisotopic (exact) mass is 218 g/mol. The zero-order valence-corrected chi connectivity index (χ0v) is 6.95. The van der Waals surface area contributed by atoms with Crippen LogP contribution in [0, 0.1) is 21.7 Å². The fraction of sp³-hybridized carbons (Fsp3) is 0.429. The van der Waals surface area contributed by atoms with Gasteiger partial charge in [0.15, 0.2) is 0 Å². The van der Waals surface area contributed by atoms with Gasteiger partial charge in [-0.25, -0.2) is 0 Å². The maximum absolute atomic E-state index is 2.91. The molecule has 0 aliphatic heterocycles. The van der Waals surface area contributed by atoms with Crippen molar-refractivity contribution in [2.45, 2.75) is 19.8 Å². The van der Waals surface area contributed by atoms with Crippen LogP contribution in [0.4, 0.5) is 0 Å². The SMILES string of the molecule is CCCC#CC#CI. The van der Waals surface area contributed by atoms with Crippen molar-refractivity contribution in [1.82, 2.24) is 0 Å². The normalized spacial score (nSPS) is 5.75. The lowest BCUT2D eigenvalue weighted by Crippen LogP contribution is -1.58. The molecule has 8 heavy (non-hydrogen) atoms. The molecule has 0 aliphatic carbocycles. The number of hydrogen-bond donors (Lipinski definition) is 0. The van der Waals surface area contributed by atoms with Gasteiger partial charge in [-0.05, 0) is 22.2 Å². The second-order valence-corrected chi connectivity index (χ2v) is 1.81. The van der Waals surface area contributed by atoms with Gasteiger partial charge in [0, 0.05) is 29.0 Å². The van der Waals surface area contributed by atoms with Gasteiger partial charge in [-0.3, -0.25) is 0 Å². The minimum atomic E-state index is 0.964. The van der Waals surface area contributed by atoms with E-state index >= 15 is 0 Å². The molecule has 0 bridgehead atoms. The molecule has 0 N–H and O–H groups in total. The van der Waals surface area contributed by atoms with Gasteiger partial charge in [0.05, 0.1) is 0 Å². The fourth-order valence-electron chi connectivity index (χ4n) is 0.255. The zero-order valence-electron chi connectivity index (χ0n) is 4.79. The van der Waals surface area contributed by atoms with Crippen molar-refractivity contribution in [2.24, 2.45) is 0 Å². The van der Waals surface area contributed by atoms with Gasteiger partial charge in [0.2, 0.25) is 0 Å². The Hall–Kier alpha value is -0.150. The summed E-state index contributed by atoms with van der Waals surface area (Å²) in [6, 6.07) is 0. The van der Waals surface area contributed by atoms with E-state index in [4.69, 9.17) is 0 Å². The van der Waals surface area contributed by atoms with Crippen LogP contribution in [0.25, 0.3) is 0 Å². The van der Waals surface area contributed by atoms with E-state index < -0.39 is 0 Å². The molecule has 0 radical (unpaired) electrons. The maximum Gasteiger partial charge on any atom is 0.0192 e. The Balaban J connectivity index is 3.31. The first kappa shape index (κ1) is 7.85. The van der Waals surface area contributed by atoms with Crippen LogP contribution in [0.1, 0.15) is 19.8 Å². The molecule has 1 heteroatoms. The highest BCUT2D eigenvalue weighted by molar-refractivity contribution is 14.1. The summed E-state index contributed by atoms with van der Waals surface area (Å²) in [7, 11) is 0. The second kappa shape index (κ2) is 6.85. The van der Waals surface area contributed by atoms with Crippen molar-refractivity contribution in [1.29, 1.82) is 0 Å². The molecule has 0 aliphatic rings. The van der Waals surface area contributed by atoms with Crippen molar-refractivity contribution >= 4 is 22.6 Å². The van der Waals surface area contributed by atoms with Crippen molar-refractivity contribution in [3.05, 3.63) is 0 Å². The second-order valence-electron chi connectivity index (χ2n) is 1.27. The molecule has 0 aromatic heterocycles. The van der Waals surface area contributed by atoms with Gasteiger partial charge in [0.1, 0.15) is 0 Å². The molecule has 0 rings (SSSR count). The van der Waals surface area contributed by atoms with Gasteiger partial charge >= 0.3 is 0 Å². The van der Waals surface area contributed by atoms with E-state index in [9.17, 15) is 0 Å². The summed E-state index contributed by atoms with van der Waals surface area (Å²) in [6.45, 7) is 2.10. The van der Waals surface area contributed by atoms with Crippen molar-refractivity contribution in [3.8, 4) is 21.7 Å². The highest BCUT2D eigenvalue weighted by atomic mass is 127. The van der Waals surface area contributed by atoms with E-state index in [1.165, 1.54) is 0 Å². The smallest absolute Gasteiger partial charge is 0.0192 e. The third-order valence-electron chi connectivity index (χ3n) is 0.573. The fourth-order valence-corrected chi connectivity index (χ4v) is 0.390. The first-order valence-electron chi connectivity index (χ1n) is 2.50. The molecule has 0 saturated carbocycles. The highest BCUT2D eigenvalue weighted by Crippen LogP contribution is 1.79. The molecule has 0 aromatic rings. The van der Waals surface area contributed by atoms with Crippen LogP contribution in [-0.4, -0.2) is 0 Å². The highest BCUT2D eigenvalue weighted by Gasteiger charge is 1.65. The minimum Gasteiger partial charge on any atom is -0.0891 e. The first-order chi connectivity index (χ1) is 3.91. The molecular weight excluding hydrogens is 211 g/mol. The predicted molar refractivity (Wildman–Crippen MR) is 44.5 cm³/mol. The topological polar surface area (TPSA) is 0 Å². The standard InChI is InChI=1S/C7H7I/c1-2-3-4-5-6-7-8/h2-3H2,1H3. The Kier molecular flexibility index (Phi) is 6.72. The third-order valence-corrected chi connectivity index (χ3v) is 0.843. The van der Waals surface area contributed by atoms with Gasteiger partial charge < -0.3 is 0 Å². The summed E-state index contributed by atoms with van der Waals surface area (Å²) in [5, 5.41) is 0. The lowest BCUT2D eigenvalue weighted by molar-refractivity contribution is 0.983. The molecule has 0 heterocycles. The van der Waals surface area contributed by atoms with Crippen molar-refractivity contribution in [3.63, 3.8) is 0 Å². The molecule has 0 unspecified atom stereocenters. The molecule has 0 saturated heterocycles. The van der Waals surface area contributed by atoms with Crippen LogP contribution >= 0.6 is 22.6 Å². The van der Waals surface area contributed by atoms with E-state index in [1.807, 2.05) is 22.6 Å². The van der Waals surface area contributed by atoms with Gasteiger partial charge in [-0.15, -0.1) is 0 Å². The van der Waals surface area contributed by atoms with Crippen LogP contribution in [0.15, 0.2) is 0 Å². The molecule has 0 fully saturated rings. The van der Waals surface area contributed by atoms with E-state index in [2.05, 4.69) is 28.6 Å². The average Bonchev–Trinajstić information content (AvgIpc) is 1.81. The molecule has 0 amide bonds. The molecule has 0 atom stereocenters. The minimum absolute atomic E-state index is 0.964. The Morgan fingerprint density at radius 3 is 2.62 bits per heavy atom. The molecular formula is C7H7I. The van der Waals surface area contributed by atoms with Crippen LogP contribution in [0.5, 0.6) is 0 Å². The van der Waals surface area contributed by atoms with E-state index in [0.717, 1.165) is 12.8 Å². The first-order valence-corrected chi connectivity index (χ1v) is 3.58. The lowest BCUT2D eigenvalue weighted by Gasteiger charge is -1.71. The quantitative estimate of drug-likeness (QED) is 0.467. The number of unbranched alkanes of at least 4 members (excludes halogenated alkanes) is 1. The lowest BCUT2D eigenvalue weighted by atomic mass is 10.3. The Morgan fingerprint density at radius 1 is 1.38 bits per heavy atom. The summed E-state index contributed by atoms with van der Waals surface area (Å²) < 4.78 is 2.67. The van der Waals surface area contributed by atoms with Crippen molar-refractivity contribution in [2.75, 3.05) is 0 Å². The van der Waals surface area contributed by atoms with E-state index in [0.29, 0.717) is 0 Å².